The molecule has 3 rings (SSSR count). The van der Waals surface area contributed by atoms with E-state index in [1.807, 2.05) is 43.3 Å². The zero-order valence-electron chi connectivity index (χ0n) is 14.8. The number of rotatable bonds is 5. The summed E-state index contributed by atoms with van der Waals surface area (Å²) in [5.74, 6) is 0.0754. The lowest BCUT2D eigenvalue weighted by Gasteiger charge is -2.11. The Morgan fingerprint density at radius 3 is 2.65 bits per heavy atom. The van der Waals surface area contributed by atoms with Gasteiger partial charge in [0.1, 0.15) is 0 Å². The number of thiazole rings is 1. The summed E-state index contributed by atoms with van der Waals surface area (Å²) >= 11 is 2.81. The number of fused-ring (bicyclic) bond motifs is 1. The third-order valence-corrected chi connectivity index (χ3v) is 5.82. The number of thioether (sulfide) groups is 1. The summed E-state index contributed by atoms with van der Waals surface area (Å²) < 4.78 is 1.04. The highest BCUT2D eigenvalue weighted by atomic mass is 32.2. The molecule has 0 saturated heterocycles. The van der Waals surface area contributed by atoms with Crippen molar-refractivity contribution in [1.29, 1.82) is 0 Å². The second-order valence-electron chi connectivity index (χ2n) is 5.97. The van der Waals surface area contributed by atoms with E-state index < -0.39 is 0 Å². The van der Waals surface area contributed by atoms with Crippen LogP contribution in [0.2, 0.25) is 0 Å². The lowest BCUT2D eigenvalue weighted by atomic mass is 10.2. The monoisotopic (exact) mass is 385 g/mol. The molecule has 1 aromatic heterocycles. The Balaban J connectivity index is 1.79. The van der Waals surface area contributed by atoms with Gasteiger partial charge in [-0.05, 0) is 30.7 Å². The van der Waals surface area contributed by atoms with Crippen molar-refractivity contribution >= 4 is 50.3 Å². The molecule has 0 aliphatic heterocycles. The number of aromatic nitrogens is 1. The van der Waals surface area contributed by atoms with Gasteiger partial charge >= 0.3 is 0 Å². The van der Waals surface area contributed by atoms with Crippen LogP contribution < -0.4 is 5.32 Å². The molecule has 7 heteroatoms. The van der Waals surface area contributed by atoms with Gasteiger partial charge in [0.15, 0.2) is 5.13 Å². The lowest BCUT2D eigenvalue weighted by molar-refractivity contribution is -0.125. The molecule has 1 heterocycles. The number of carbonyl (C=O) groups is 2. The number of anilines is 1. The van der Waals surface area contributed by atoms with Crippen molar-refractivity contribution in [2.45, 2.75) is 11.8 Å². The minimum absolute atomic E-state index is 0.00635. The van der Waals surface area contributed by atoms with Crippen LogP contribution in [0.5, 0.6) is 0 Å². The predicted molar refractivity (Wildman–Crippen MR) is 108 cm³/mol. The summed E-state index contributed by atoms with van der Waals surface area (Å²) in [4.78, 5) is 31.4. The average molecular weight is 386 g/mol. The average Bonchev–Trinajstić information content (AvgIpc) is 3.03. The summed E-state index contributed by atoms with van der Waals surface area (Å²) in [6.07, 6.45) is 0. The summed E-state index contributed by atoms with van der Waals surface area (Å²) in [7, 11) is 3.44. The van der Waals surface area contributed by atoms with Crippen LogP contribution >= 0.6 is 23.1 Å². The van der Waals surface area contributed by atoms with Gasteiger partial charge in [0, 0.05) is 19.0 Å². The van der Waals surface area contributed by atoms with Crippen molar-refractivity contribution in [2.24, 2.45) is 0 Å². The molecule has 0 atom stereocenters. The highest BCUT2D eigenvalue weighted by molar-refractivity contribution is 8.00. The third kappa shape index (κ3) is 4.05. The first-order valence-electron chi connectivity index (χ1n) is 8.05. The van der Waals surface area contributed by atoms with Gasteiger partial charge in [-0.1, -0.05) is 35.6 Å². The second kappa shape index (κ2) is 7.88. The van der Waals surface area contributed by atoms with Crippen molar-refractivity contribution in [3.63, 3.8) is 0 Å². The quantitative estimate of drug-likeness (QED) is 0.674. The molecular weight excluding hydrogens is 366 g/mol. The smallest absolute Gasteiger partial charge is 0.258 e. The molecule has 1 N–H and O–H groups in total. The lowest BCUT2D eigenvalue weighted by Crippen LogP contribution is -2.23. The Bertz CT molecular complexity index is 966. The van der Waals surface area contributed by atoms with E-state index in [-0.39, 0.29) is 17.6 Å². The molecule has 134 valence electrons. The molecule has 0 aliphatic rings. The van der Waals surface area contributed by atoms with Crippen LogP contribution in [-0.4, -0.2) is 41.5 Å². The van der Waals surface area contributed by atoms with Crippen LogP contribution in [0.1, 0.15) is 15.9 Å². The van der Waals surface area contributed by atoms with E-state index in [9.17, 15) is 9.59 Å². The number of carbonyl (C=O) groups excluding carboxylic acids is 2. The van der Waals surface area contributed by atoms with E-state index in [1.54, 1.807) is 25.1 Å². The number of aryl methyl sites for hydroxylation is 1. The number of hydrogen-bond donors (Lipinski definition) is 1. The van der Waals surface area contributed by atoms with Crippen LogP contribution in [0, 0.1) is 6.92 Å². The van der Waals surface area contributed by atoms with Gasteiger partial charge in [-0.15, -0.1) is 11.8 Å². The molecule has 0 bridgehead atoms. The number of para-hydroxylation sites is 1. The van der Waals surface area contributed by atoms with Gasteiger partial charge in [0.05, 0.1) is 21.5 Å². The molecule has 2 amide bonds. The summed E-state index contributed by atoms with van der Waals surface area (Å²) in [5.41, 5.74) is 2.53. The number of amides is 2. The number of nitrogens with zero attached hydrogens (tertiary/aromatic N) is 2. The SMILES string of the molecule is Cc1cccc2sc(NC(=O)c3ccccc3SCC(=O)N(C)C)nc12. The summed E-state index contributed by atoms with van der Waals surface area (Å²) in [6, 6.07) is 13.3. The first kappa shape index (κ1) is 18.4. The highest BCUT2D eigenvalue weighted by Crippen LogP contribution is 2.29. The maximum atomic E-state index is 12.7. The molecule has 0 saturated carbocycles. The maximum Gasteiger partial charge on any atom is 0.258 e. The Kier molecular flexibility index (Phi) is 5.58. The normalized spacial score (nSPS) is 10.7. The van der Waals surface area contributed by atoms with Crippen LogP contribution in [0.25, 0.3) is 10.2 Å². The molecular formula is C19H19N3O2S2. The molecule has 2 aromatic carbocycles. The molecule has 5 nitrogen and oxygen atoms in total. The first-order valence-corrected chi connectivity index (χ1v) is 9.85. The molecule has 0 spiro atoms. The van der Waals surface area contributed by atoms with Gasteiger partial charge in [-0.2, -0.15) is 0 Å². The van der Waals surface area contributed by atoms with Crippen LogP contribution in [0.3, 0.4) is 0 Å². The third-order valence-electron chi connectivity index (χ3n) is 3.82. The fourth-order valence-corrected chi connectivity index (χ4v) is 4.32. The first-order chi connectivity index (χ1) is 12.5. The van der Waals surface area contributed by atoms with Gasteiger partial charge in [0.25, 0.3) is 5.91 Å². The van der Waals surface area contributed by atoms with Gasteiger partial charge < -0.3 is 4.90 Å². The minimum atomic E-state index is -0.220. The second-order valence-corrected chi connectivity index (χ2v) is 8.02. The van der Waals surface area contributed by atoms with Crippen LogP contribution in [0.15, 0.2) is 47.4 Å². The number of hydrogen-bond acceptors (Lipinski definition) is 5. The fourth-order valence-electron chi connectivity index (χ4n) is 2.35. The Morgan fingerprint density at radius 1 is 1.15 bits per heavy atom. The van der Waals surface area contributed by atoms with Gasteiger partial charge in [-0.3, -0.25) is 14.9 Å². The predicted octanol–water partition coefficient (Wildman–Crippen LogP) is 4.04. The molecule has 0 unspecified atom stereocenters. The molecule has 0 fully saturated rings. The molecule has 26 heavy (non-hydrogen) atoms. The minimum Gasteiger partial charge on any atom is -0.348 e. The van der Waals surface area contributed by atoms with Gasteiger partial charge in [0.2, 0.25) is 5.91 Å². The number of benzene rings is 2. The van der Waals surface area contributed by atoms with Crippen molar-refractivity contribution in [3.05, 3.63) is 53.6 Å². The van der Waals surface area contributed by atoms with E-state index in [0.29, 0.717) is 10.7 Å². The van der Waals surface area contributed by atoms with Crippen molar-refractivity contribution in [1.82, 2.24) is 9.88 Å². The zero-order chi connectivity index (χ0) is 18.7. The van der Waals surface area contributed by atoms with Crippen LogP contribution in [-0.2, 0) is 4.79 Å². The van der Waals surface area contributed by atoms with E-state index in [1.165, 1.54) is 23.1 Å². The molecule has 0 aliphatic carbocycles. The van der Waals surface area contributed by atoms with Crippen LogP contribution in [0.4, 0.5) is 5.13 Å². The Hall–Kier alpha value is -2.38. The number of nitrogens with one attached hydrogen (secondary N) is 1. The Labute approximate surface area is 160 Å². The molecule has 3 aromatic rings. The zero-order valence-corrected chi connectivity index (χ0v) is 16.4. The van der Waals surface area contributed by atoms with E-state index >= 15 is 0 Å². The van der Waals surface area contributed by atoms with E-state index in [2.05, 4.69) is 10.3 Å². The fraction of sp³-hybridized carbons (Fsp3) is 0.211. The standard InChI is InChI=1S/C19H19N3O2S2/c1-12-7-6-10-15-17(12)20-19(26-15)21-18(24)13-8-4-5-9-14(13)25-11-16(23)22(2)3/h4-10H,11H2,1-3H3,(H,20,21,24). The largest absolute Gasteiger partial charge is 0.348 e. The topological polar surface area (TPSA) is 62.3 Å². The van der Waals surface area contributed by atoms with Crippen molar-refractivity contribution < 1.29 is 9.59 Å². The van der Waals surface area contributed by atoms with E-state index in [4.69, 9.17) is 0 Å². The van der Waals surface area contributed by atoms with Gasteiger partial charge in [-0.25, -0.2) is 4.98 Å². The summed E-state index contributed by atoms with van der Waals surface area (Å²) in [6.45, 7) is 2.00. The highest BCUT2D eigenvalue weighted by Gasteiger charge is 2.15. The van der Waals surface area contributed by atoms with Crippen molar-refractivity contribution in [2.75, 3.05) is 25.2 Å². The van der Waals surface area contributed by atoms with Crippen molar-refractivity contribution in [3.8, 4) is 0 Å². The Morgan fingerprint density at radius 2 is 1.92 bits per heavy atom. The summed E-state index contributed by atoms with van der Waals surface area (Å²) in [5, 5.41) is 3.46. The van der Waals surface area contributed by atoms with E-state index in [0.717, 1.165) is 20.7 Å². The maximum absolute atomic E-state index is 12.7. The molecule has 0 radical (unpaired) electrons.